The van der Waals surface area contributed by atoms with Crippen molar-refractivity contribution in [2.45, 2.75) is 27.3 Å². The van der Waals surface area contributed by atoms with Crippen molar-refractivity contribution in [3.8, 4) is 5.75 Å². The van der Waals surface area contributed by atoms with Crippen LogP contribution in [0.4, 0.5) is 0 Å². The fourth-order valence-electron chi connectivity index (χ4n) is 1.78. The summed E-state index contributed by atoms with van der Waals surface area (Å²) in [6.45, 7) is 9.26. The monoisotopic (exact) mass is 267 g/mol. The van der Waals surface area contributed by atoms with E-state index in [1.54, 1.807) is 0 Å². The topological polar surface area (TPSA) is 21.3 Å². The van der Waals surface area contributed by atoms with Gasteiger partial charge in [-0.15, -0.1) is 0 Å². The first-order valence-electron chi connectivity index (χ1n) is 6.56. The lowest BCUT2D eigenvalue weighted by molar-refractivity contribution is 0.336. The number of hydrogen-bond acceptors (Lipinski definition) is 3. The van der Waals surface area contributed by atoms with Crippen molar-refractivity contribution < 1.29 is 4.74 Å². The summed E-state index contributed by atoms with van der Waals surface area (Å²) in [7, 11) is 0. The molecular formula is C15H25NOS. The number of thioether (sulfide) groups is 1. The van der Waals surface area contributed by atoms with E-state index in [9.17, 15) is 0 Å². The van der Waals surface area contributed by atoms with Crippen LogP contribution in [0.2, 0.25) is 0 Å². The van der Waals surface area contributed by atoms with Crippen molar-refractivity contribution in [3.05, 3.63) is 29.3 Å². The summed E-state index contributed by atoms with van der Waals surface area (Å²) in [4.78, 5) is 0. The molecule has 1 rings (SSSR count). The summed E-state index contributed by atoms with van der Waals surface area (Å²) >= 11 is 1.81. The lowest BCUT2D eigenvalue weighted by atomic mass is 10.1. The molecular weight excluding hydrogens is 242 g/mol. The largest absolute Gasteiger partial charge is 0.492 e. The van der Waals surface area contributed by atoms with Crippen molar-refractivity contribution in [2.75, 3.05) is 25.2 Å². The van der Waals surface area contributed by atoms with Gasteiger partial charge in [0.15, 0.2) is 0 Å². The number of benzene rings is 1. The Balaban J connectivity index is 2.61. The number of aryl methyl sites for hydroxylation is 1. The quantitative estimate of drug-likeness (QED) is 0.729. The van der Waals surface area contributed by atoms with Crippen LogP contribution >= 0.6 is 11.8 Å². The van der Waals surface area contributed by atoms with E-state index in [2.05, 4.69) is 50.5 Å². The van der Waals surface area contributed by atoms with Gasteiger partial charge in [-0.25, -0.2) is 0 Å². The molecule has 18 heavy (non-hydrogen) atoms. The van der Waals surface area contributed by atoms with Crippen molar-refractivity contribution >= 4 is 11.8 Å². The molecule has 0 spiro atoms. The summed E-state index contributed by atoms with van der Waals surface area (Å²) in [5, 5.41) is 3.47. The van der Waals surface area contributed by atoms with Crippen LogP contribution in [0.25, 0.3) is 0 Å². The first-order chi connectivity index (χ1) is 8.65. The second-order valence-electron chi connectivity index (χ2n) is 4.93. The van der Waals surface area contributed by atoms with E-state index >= 15 is 0 Å². The van der Waals surface area contributed by atoms with Gasteiger partial charge >= 0.3 is 0 Å². The Labute approximate surface area is 116 Å². The maximum Gasteiger partial charge on any atom is 0.126 e. The molecule has 1 N–H and O–H groups in total. The molecule has 0 amide bonds. The zero-order valence-electron chi connectivity index (χ0n) is 12.0. The fraction of sp³-hybridized carbons (Fsp3) is 0.600. The minimum Gasteiger partial charge on any atom is -0.492 e. The highest BCUT2D eigenvalue weighted by molar-refractivity contribution is 7.98. The highest BCUT2D eigenvalue weighted by atomic mass is 32.2. The summed E-state index contributed by atoms with van der Waals surface area (Å²) < 4.78 is 5.91. The van der Waals surface area contributed by atoms with Crippen molar-refractivity contribution in [1.29, 1.82) is 0 Å². The predicted octanol–water partition coefficient (Wildman–Crippen LogP) is 3.48. The Morgan fingerprint density at radius 1 is 1.33 bits per heavy atom. The third kappa shape index (κ3) is 5.32. The summed E-state index contributed by atoms with van der Waals surface area (Å²) in [5.41, 5.74) is 2.48. The minimum atomic E-state index is 0.677. The van der Waals surface area contributed by atoms with Gasteiger partial charge in [-0.3, -0.25) is 0 Å². The van der Waals surface area contributed by atoms with Crippen LogP contribution in [0.3, 0.4) is 0 Å². The van der Waals surface area contributed by atoms with Gasteiger partial charge in [0.25, 0.3) is 0 Å². The van der Waals surface area contributed by atoms with Crippen molar-refractivity contribution in [3.63, 3.8) is 0 Å². The van der Waals surface area contributed by atoms with E-state index in [4.69, 9.17) is 4.74 Å². The van der Waals surface area contributed by atoms with Gasteiger partial charge in [-0.05, 0) is 31.2 Å². The van der Waals surface area contributed by atoms with E-state index in [0.29, 0.717) is 5.92 Å². The Kier molecular flexibility index (Phi) is 7.21. The maximum atomic E-state index is 5.91. The molecule has 102 valence electrons. The number of rotatable bonds is 8. The molecule has 0 heterocycles. The number of hydrogen-bond donors (Lipinski definition) is 1. The van der Waals surface area contributed by atoms with Crippen LogP contribution in [0.15, 0.2) is 18.2 Å². The Hall–Kier alpha value is -0.670. The Morgan fingerprint density at radius 2 is 2.11 bits per heavy atom. The van der Waals surface area contributed by atoms with Gasteiger partial charge in [0.1, 0.15) is 5.75 Å². The van der Waals surface area contributed by atoms with Crippen molar-refractivity contribution in [2.24, 2.45) is 5.92 Å². The molecule has 1 aromatic rings. The molecule has 0 aliphatic carbocycles. The summed E-state index contributed by atoms with van der Waals surface area (Å²) in [6.07, 6.45) is 2.10. The third-order valence-electron chi connectivity index (χ3n) is 2.70. The smallest absolute Gasteiger partial charge is 0.126 e. The molecule has 1 aromatic carbocycles. The second kappa shape index (κ2) is 8.44. The summed E-state index contributed by atoms with van der Waals surface area (Å²) in [5.74, 6) is 2.77. The normalized spacial score (nSPS) is 10.9. The van der Waals surface area contributed by atoms with E-state index in [1.165, 1.54) is 11.1 Å². The summed E-state index contributed by atoms with van der Waals surface area (Å²) in [6, 6.07) is 6.36. The molecule has 0 saturated carbocycles. The molecule has 0 unspecified atom stereocenters. The predicted molar refractivity (Wildman–Crippen MR) is 81.6 cm³/mol. The fourth-order valence-corrected chi connectivity index (χ4v) is 2.03. The number of ether oxygens (including phenoxy) is 1. The Morgan fingerprint density at radius 3 is 2.78 bits per heavy atom. The second-order valence-corrected chi connectivity index (χ2v) is 5.91. The molecule has 0 fully saturated rings. The Bertz CT molecular complexity index is 352. The van der Waals surface area contributed by atoms with Crippen LogP contribution < -0.4 is 10.1 Å². The number of para-hydroxylation sites is 1. The first-order valence-corrected chi connectivity index (χ1v) is 7.95. The molecule has 0 atom stereocenters. The van der Waals surface area contributed by atoms with E-state index in [1.807, 2.05) is 11.8 Å². The first kappa shape index (κ1) is 15.4. The van der Waals surface area contributed by atoms with Gasteiger partial charge in [0.2, 0.25) is 0 Å². The van der Waals surface area contributed by atoms with E-state index in [0.717, 1.165) is 31.2 Å². The van der Waals surface area contributed by atoms with E-state index in [-0.39, 0.29) is 0 Å². The molecule has 0 saturated heterocycles. The SMILES string of the molecule is CSCCOc1c(C)cccc1CNCC(C)C. The lowest BCUT2D eigenvalue weighted by Crippen LogP contribution is -2.19. The molecule has 3 heteroatoms. The highest BCUT2D eigenvalue weighted by Crippen LogP contribution is 2.23. The minimum absolute atomic E-state index is 0.677. The van der Waals surface area contributed by atoms with Gasteiger partial charge in [0, 0.05) is 17.9 Å². The van der Waals surface area contributed by atoms with Gasteiger partial charge < -0.3 is 10.1 Å². The van der Waals surface area contributed by atoms with Crippen LogP contribution in [-0.4, -0.2) is 25.2 Å². The molecule has 0 aromatic heterocycles. The lowest BCUT2D eigenvalue weighted by Gasteiger charge is -2.15. The van der Waals surface area contributed by atoms with Gasteiger partial charge in [0.05, 0.1) is 6.61 Å². The van der Waals surface area contributed by atoms with Crippen LogP contribution in [0, 0.1) is 12.8 Å². The average Bonchev–Trinajstić information content (AvgIpc) is 2.32. The molecule has 0 aliphatic heterocycles. The molecule has 2 nitrogen and oxygen atoms in total. The van der Waals surface area contributed by atoms with Gasteiger partial charge in [-0.2, -0.15) is 11.8 Å². The van der Waals surface area contributed by atoms with Gasteiger partial charge in [-0.1, -0.05) is 32.0 Å². The zero-order chi connectivity index (χ0) is 13.4. The standard InChI is InChI=1S/C15H25NOS/c1-12(2)10-16-11-14-7-5-6-13(3)15(14)17-8-9-18-4/h5-7,12,16H,8-11H2,1-4H3. The number of nitrogens with one attached hydrogen (secondary N) is 1. The van der Waals surface area contributed by atoms with Crippen molar-refractivity contribution in [1.82, 2.24) is 5.32 Å². The van der Waals surface area contributed by atoms with Crippen LogP contribution in [-0.2, 0) is 6.54 Å². The van der Waals surface area contributed by atoms with E-state index < -0.39 is 0 Å². The molecule has 0 aliphatic rings. The maximum absolute atomic E-state index is 5.91. The zero-order valence-corrected chi connectivity index (χ0v) is 12.8. The van der Waals surface area contributed by atoms with Crippen LogP contribution in [0.1, 0.15) is 25.0 Å². The highest BCUT2D eigenvalue weighted by Gasteiger charge is 2.06. The average molecular weight is 267 g/mol. The van der Waals surface area contributed by atoms with Crippen LogP contribution in [0.5, 0.6) is 5.75 Å². The third-order valence-corrected chi connectivity index (χ3v) is 3.27. The molecule has 0 radical (unpaired) electrons. The molecule has 0 bridgehead atoms.